The molecule has 4 rings (SSSR count). The van der Waals surface area contributed by atoms with Gasteiger partial charge in [-0.2, -0.15) is 5.26 Å². The molecule has 0 saturated heterocycles. The van der Waals surface area contributed by atoms with Crippen molar-refractivity contribution in [1.29, 1.82) is 5.26 Å². The van der Waals surface area contributed by atoms with Crippen LogP contribution in [0.3, 0.4) is 0 Å². The van der Waals surface area contributed by atoms with Crippen LogP contribution in [0.15, 0.2) is 29.1 Å². The van der Waals surface area contributed by atoms with Crippen molar-refractivity contribution < 1.29 is 4.74 Å². The molecule has 0 aliphatic heterocycles. The van der Waals surface area contributed by atoms with Crippen LogP contribution in [0.4, 0.5) is 0 Å². The molecule has 1 N–H and O–H groups in total. The first-order chi connectivity index (χ1) is 11.8. The van der Waals surface area contributed by atoms with E-state index in [4.69, 9.17) is 10.00 Å². The first-order valence-corrected chi connectivity index (χ1v) is 8.72. The van der Waals surface area contributed by atoms with E-state index in [1.54, 1.807) is 23.5 Å². The summed E-state index contributed by atoms with van der Waals surface area (Å²) >= 11 is 1.65. The molecule has 0 bridgehead atoms. The molecular formula is C18H15N3O2S. The van der Waals surface area contributed by atoms with E-state index in [1.165, 1.54) is 16.9 Å². The Morgan fingerprint density at radius 3 is 2.83 bits per heavy atom. The summed E-state index contributed by atoms with van der Waals surface area (Å²) in [5, 5.41) is 9.31. The zero-order valence-electron chi connectivity index (χ0n) is 13.0. The molecule has 6 heteroatoms. The molecule has 0 saturated carbocycles. The molecular weight excluding hydrogens is 322 g/mol. The molecule has 1 aromatic carbocycles. The van der Waals surface area contributed by atoms with E-state index in [9.17, 15) is 4.79 Å². The van der Waals surface area contributed by atoms with Crippen LogP contribution in [0, 0.1) is 11.3 Å². The average Bonchev–Trinajstić information content (AvgIpc) is 2.99. The van der Waals surface area contributed by atoms with Crippen molar-refractivity contribution in [3.05, 3.63) is 45.1 Å². The average molecular weight is 337 g/mol. The van der Waals surface area contributed by atoms with Crippen LogP contribution in [-0.2, 0) is 12.8 Å². The fourth-order valence-electron chi connectivity index (χ4n) is 3.13. The zero-order chi connectivity index (χ0) is 16.5. The molecule has 0 spiro atoms. The molecule has 0 atom stereocenters. The van der Waals surface area contributed by atoms with Gasteiger partial charge in [0.2, 0.25) is 0 Å². The van der Waals surface area contributed by atoms with Crippen molar-refractivity contribution in [3.63, 3.8) is 0 Å². The summed E-state index contributed by atoms with van der Waals surface area (Å²) in [4.78, 5) is 22.3. The van der Waals surface area contributed by atoms with Crippen LogP contribution >= 0.6 is 11.3 Å². The van der Waals surface area contributed by atoms with Crippen LogP contribution in [0.2, 0.25) is 0 Å². The minimum atomic E-state index is -0.0563. The molecule has 0 amide bonds. The van der Waals surface area contributed by atoms with E-state index < -0.39 is 0 Å². The van der Waals surface area contributed by atoms with Gasteiger partial charge in [0.05, 0.1) is 5.39 Å². The predicted molar refractivity (Wildman–Crippen MR) is 93.4 cm³/mol. The topological polar surface area (TPSA) is 78.8 Å². The summed E-state index contributed by atoms with van der Waals surface area (Å²) in [6, 6.07) is 9.16. The van der Waals surface area contributed by atoms with Crippen LogP contribution in [0.5, 0.6) is 5.75 Å². The van der Waals surface area contributed by atoms with Crippen molar-refractivity contribution in [2.24, 2.45) is 0 Å². The lowest BCUT2D eigenvalue weighted by atomic mass is 9.97. The lowest BCUT2D eigenvalue weighted by molar-refractivity contribution is 0.368. The van der Waals surface area contributed by atoms with Crippen LogP contribution in [0.25, 0.3) is 21.6 Å². The van der Waals surface area contributed by atoms with Crippen molar-refractivity contribution >= 4 is 21.6 Å². The van der Waals surface area contributed by atoms with E-state index >= 15 is 0 Å². The van der Waals surface area contributed by atoms with E-state index in [-0.39, 0.29) is 12.2 Å². The summed E-state index contributed by atoms with van der Waals surface area (Å²) in [6.45, 7) is 0.0150. The van der Waals surface area contributed by atoms with E-state index in [0.717, 1.165) is 35.0 Å². The normalized spacial score (nSPS) is 13.5. The van der Waals surface area contributed by atoms with Gasteiger partial charge in [0.1, 0.15) is 22.5 Å². The van der Waals surface area contributed by atoms with E-state index in [0.29, 0.717) is 11.6 Å². The summed E-state index contributed by atoms with van der Waals surface area (Å²) in [7, 11) is 0. The summed E-state index contributed by atoms with van der Waals surface area (Å²) in [6.07, 6.45) is 4.36. The number of hydrogen-bond donors (Lipinski definition) is 1. The highest BCUT2D eigenvalue weighted by molar-refractivity contribution is 7.18. The monoisotopic (exact) mass is 337 g/mol. The number of ether oxygens (including phenoxy) is 1. The number of aromatic amines is 1. The number of H-pyrrole nitrogens is 1. The van der Waals surface area contributed by atoms with E-state index in [2.05, 4.69) is 9.97 Å². The number of thiophene rings is 1. The molecule has 3 aromatic rings. The lowest BCUT2D eigenvalue weighted by Crippen LogP contribution is -2.11. The number of rotatable bonds is 3. The summed E-state index contributed by atoms with van der Waals surface area (Å²) in [5.74, 6) is 1.19. The third-order valence-corrected chi connectivity index (χ3v) is 5.44. The molecule has 24 heavy (non-hydrogen) atoms. The van der Waals surface area contributed by atoms with Gasteiger partial charge in [0.25, 0.3) is 5.56 Å². The Bertz CT molecular complexity index is 996. The van der Waals surface area contributed by atoms with Crippen LogP contribution < -0.4 is 10.3 Å². The van der Waals surface area contributed by atoms with Gasteiger partial charge >= 0.3 is 0 Å². The zero-order valence-corrected chi connectivity index (χ0v) is 13.8. The fourth-order valence-corrected chi connectivity index (χ4v) is 4.39. The first kappa shape index (κ1) is 14.9. The van der Waals surface area contributed by atoms with Crippen molar-refractivity contribution in [1.82, 2.24) is 9.97 Å². The van der Waals surface area contributed by atoms with Gasteiger partial charge in [-0.15, -0.1) is 11.3 Å². The quantitative estimate of drug-likeness (QED) is 0.794. The molecule has 1 aliphatic carbocycles. The number of benzene rings is 1. The van der Waals surface area contributed by atoms with Gasteiger partial charge < -0.3 is 9.72 Å². The van der Waals surface area contributed by atoms with Crippen molar-refractivity contribution in [3.8, 4) is 23.2 Å². The smallest absolute Gasteiger partial charge is 0.260 e. The number of aromatic nitrogens is 2. The molecule has 2 aromatic heterocycles. The highest BCUT2D eigenvalue weighted by Gasteiger charge is 2.20. The Labute approximate surface area is 142 Å². The number of nitrogens with zero attached hydrogens (tertiary/aromatic N) is 2. The fraction of sp³-hybridized carbons (Fsp3) is 0.278. The molecule has 0 unspecified atom stereocenters. The predicted octanol–water partition coefficient (Wildman–Crippen LogP) is 3.43. The second kappa shape index (κ2) is 6.10. The van der Waals surface area contributed by atoms with Crippen molar-refractivity contribution in [2.45, 2.75) is 25.7 Å². The summed E-state index contributed by atoms with van der Waals surface area (Å²) in [5.41, 5.74) is 1.96. The number of nitrogens with one attached hydrogen (secondary N) is 1. The maximum absolute atomic E-state index is 12.6. The molecule has 5 nitrogen and oxygen atoms in total. The van der Waals surface area contributed by atoms with Crippen LogP contribution in [0.1, 0.15) is 23.3 Å². The molecule has 120 valence electrons. The standard InChI is InChI=1S/C18H15N3O2S/c19-9-10-23-12-7-5-11(6-8-12)16-20-17(22)15-13-3-1-2-4-14(13)24-18(15)21-16/h5-8H,1-4,10H2,(H,20,21,22). The maximum Gasteiger partial charge on any atom is 0.260 e. The highest BCUT2D eigenvalue weighted by atomic mass is 32.1. The Balaban J connectivity index is 1.75. The van der Waals surface area contributed by atoms with Gasteiger partial charge in [0.15, 0.2) is 6.61 Å². The third kappa shape index (κ3) is 2.57. The van der Waals surface area contributed by atoms with Crippen molar-refractivity contribution in [2.75, 3.05) is 6.61 Å². The van der Waals surface area contributed by atoms with Gasteiger partial charge in [-0.25, -0.2) is 4.98 Å². The highest BCUT2D eigenvalue weighted by Crippen LogP contribution is 2.34. The minimum absolute atomic E-state index is 0.0150. The number of aryl methyl sites for hydroxylation is 2. The Morgan fingerprint density at radius 1 is 1.25 bits per heavy atom. The third-order valence-electron chi connectivity index (χ3n) is 4.26. The van der Waals surface area contributed by atoms with Gasteiger partial charge in [-0.3, -0.25) is 4.79 Å². The Kier molecular flexibility index (Phi) is 3.79. The minimum Gasteiger partial charge on any atom is -0.479 e. The number of nitriles is 1. The number of fused-ring (bicyclic) bond motifs is 3. The molecule has 0 fully saturated rings. The number of hydrogen-bond acceptors (Lipinski definition) is 5. The maximum atomic E-state index is 12.6. The second-order valence-electron chi connectivity index (χ2n) is 5.78. The summed E-state index contributed by atoms with van der Waals surface area (Å²) < 4.78 is 5.24. The largest absolute Gasteiger partial charge is 0.479 e. The SMILES string of the molecule is N#CCOc1ccc(-c2nc3sc4c(c3c(=O)[nH]2)CCCC4)cc1. The van der Waals surface area contributed by atoms with Gasteiger partial charge in [-0.05, 0) is 55.5 Å². The second-order valence-corrected chi connectivity index (χ2v) is 6.86. The molecule has 1 aliphatic rings. The van der Waals surface area contributed by atoms with Gasteiger partial charge in [0, 0.05) is 10.4 Å². The lowest BCUT2D eigenvalue weighted by Gasteiger charge is -2.09. The van der Waals surface area contributed by atoms with Gasteiger partial charge in [-0.1, -0.05) is 0 Å². The molecule has 0 radical (unpaired) electrons. The van der Waals surface area contributed by atoms with E-state index in [1.807, 2.05) is 18.2 Å². The Hall–Kier alpha value is -2.65. The van der Waals surface area contributed by atoms with Crippen LogP contribution in [-0.4, -0.2) is 16.6 Å². The molecule has 2 heterocycles. The Morgan fingerprint density at radius 2 is 2.04 bits per heavy atom. The first-order valence-electron chi connectivity index (χ1n) is 7.91.